The maximum Gasteiger partial charge on any atom is 0.328 e. The van der Waals surface area contributed by atoms with Gasteiger partial charge in [-0.15, -0.1) is 5.10 Å². The number of carbonyl (C=O) groups is 1. The van der Waals surface area contributed by atoms with Gasteiger partial charge in [0.1, 0.15) is 11.6 Å². The van der Waals surface area contributed by atoms with Gasteiger partial charge in [0.25, 0.3) is 5.56 Å². The van der Waals surface area contributed by atoms with Crippen molar-refractivity contribution in [1.82, 2.24) is 34.7 Å². The minimum absolute atomic E-state index is 0.161. The first-order valence-corrected chi connectivity index (χ1v) is 19.3. The Bertz CT molecular complexity index is 2470. The lowest BCUT2D eigenvalue weighted by Gasteiger charge is -2.36. The second-order valence-electron chi connectivity index (χ2n) is 14.3. The van der Waals surface area contributed by atoms with Crippen LogP contribution in [-0.4, -0.2) is 68.2 Å². The second-order valence-corrected chi connectivity index (χ2v) is 14.3. The van der Waals surface area contributed by atoms with E-state index in [0.29, 0.717) is 29.9 Å². The number of ether oxygens (including phenoxy) is 1. The van der Waals surface area contributed by atoms with E-state index in [-0.39, 0.29) is 11.5 Å². The van der Waals surface area contributed by atoms with E-state index in [0.717, 1.165) is 45.4 Å². The first kappa shape index (κ1) is 39.2. The van der Waals surface area contributed by atoms with Gasteiger partial charge in [-0.05, 0) is 57.2 Å². The number of carbonyl (C=O) groups excluding carboxylic acids is 1. The van der Waals surface area contributed by atoms with Crippen molar-refractivity contribution >= 4 is 18.3 Å². The van der Waals surface area contributed by atoms with Gasteiger partial charge in [0.2, 0.25) is 5.95 Å². The Morgan fingerprint density at radius 3 is 1.90 bits per heavy atom. The summed E-state index contributed by atoms with van der Waals surface area (Å²) in [7, 11) is 4.96. The fraction of sp³-hybridized carbons (Fsp3) is 0.213. The standard InChI is InChI=1S/C47H46N8O3/c1-6-18-42-41(44(56)54(33(2)45(57)58-5)46(49-42)48-32-53(3)4)31-34-27-29-35(30-28-34)39-25-16-17-26-40(39)43-50-51-52-55(43)47(36-19-10-7-11-20-36,37-21-12-8-13-22-37)38-23-14-9-15-24-38/h7-17,19-30,32-33H,6,18,31H2,1-5H3. The molecule has 58 heavy (non-hydrogen) atoms. The Labute approximate surface area is 338 Å². The smallest absolute Gasteiger partial charge is 0.328 e. The van der Waals surface area contributed by atoms with Crippen LogP contribution in [0.2, 0.25) is 0 Å². The molecule has 1 atom stereocenters. The van der Waals surface area contributed by atoms with Gasteiger partial charge >= 0.3 is 5.97 Å². The quantitative estimate of drug-likeness (QED) is 0.0474. The van der Waals surface area contributed by atoms with E-state index in [1.54, 1.807) is 18.2 Å². The van der Waals surface area contributed by atoms with Crippen molar-refractivity contribution in [3.8, 4) is 22.5 Å². The normalized spacial score (nSPS) is 12.1. The average Bonchev–Trinajstić information content (AvgIpc) is 3.75. The van der Waals surface area contributed by atoms with Crippen LogP contribution in [-0.2, 0) is 27.9 Å². The summed E-state index contributed by atoms with van der Waals surface area (Å²) in [5, 5.41) is 13.8. The monoisotopic (exact) mass is 770 g/mol. The Balaban J connectivity index is 1.32. The summed E-state index contributed by atoms with van der Waals surface area (Å²) in [5.74, 6) is 0.208. The van der Waals surface area contributed by atoms with Gasteiger partial charge in [-0.25, -0.2) is 19.5 Å². The number of aliphatic imine (C=N–C) groups is 1. The molecule has 11 heteroatoms. The molecule has 0 fully saturated rings. The minimum Gasteiger partial charge on any atom is -0.467 e. The van der Waals surface area contributed by atoms with Crippen LogP contribution >= 0.6 is 0 Å². The lowest BCUT2D eigenvalue weighted by molar-refractivity contribution is -0.144. The van der Waals surface area contributed by atoms with Gasteiger partial charge in [-0.2, -0.15) is 0 Å². The highest BCUT2D eigenvalue weighted by Gasteiger charge is 2.42. The molecular formula is C47H46N8O3. The SMILES string of the molecule is CCCc1nc(N=CN(C)C)n(C(C)C(=O)OC)c(=O)c1Cc1ccc(-c2ccccc2-c2nnnn2C(c2ccccc2)(c2ccccc2)c2ccccc2)cc1. The summed E-state index contributed by atoms with van der Waals surface area (Å²) in [4.78, 5) is 38.1. The molecule has 0 saturated carbocycles. The maximum atomic E-state index is 14.3. The van der Waals surface area contributed by atoms with Gasteiger partial charge in [-0.1, -0.05) is 153 Å². The predicted molar refractivity (Wildman–Crippen MR) is 227 cm³/mol. The van der Waals surface area contributed by atoms with Crippen LogP contribution in [0.25, 0.3) is 22.5 Å². The Kier molecular flexibility index (Phi) is 11.8. The van der Waals surface area contributed by atoms with Crippen LogP contribution in [0, 0.1) is 0 Å². The largest absolute Gasteiger partial charge is 0.467 e. The number of hydrogen-bond donors (Lipinski definition) is 0. The fourth-order valence-electron chi connectivity index (χ4n) is 7.53. The van der Waals surface area contributed by atoms with Crippen LogP contribution in [0.3, 0.4) is 0 Å². The molecule has 0 aliphatic rings. The third kappa shape index (κ3) is 7.58. The molecule has 0 aliphatic carbocycles. The van der Waals surface area contributed by atoms with Crippen molar-refractivity contribution in [2.24, 2.45) is 4.99 Å². The first-order chi connectivity index (χ1) is 28.3. The topological polar surface area (TPSA) is 120 Å². The average molecular weight is 771 g/mol. The molecule has 2 aromatic heterocycles. The number of benzene rings is 5. The lowest BCUT2D eigenvalue weighted by Crippen LogP contribution is -2.39. The molecule has 0 N–H and O–H groups in total. The van der Waals surface area contributed by atoms with E-state index in [9.17, 15) is 9.59 Å². The number of methoxy groups -OCH3 is 1. The van der Waals surface area contributed by atoms with Crippen LogP contribution in [0.15, 0.2) is 149 Å². The highest BCUT2D eigenvalue weighted by atomic mass is 16.5. The lowest BCUT2D eigenvalue weighted by atomic mass is 9.77. The van der Waals surface area contributed by atoms with E-state index in [4.69, 9.17) is 20.0 Å². The summed E-state index contributed by atoms with van der Waals surface area (Å²) in [5.41, 5.74) is 6.66. The van der Waals surface area contributed by atoms with Crippen LogP contribution in [0.5, 0.6) is 0 Å². The number of nitrogens with zero attached hydrogens (tertiary/aromatic N) is 8. The van der Waals surface area contributed by atoms with Gasteiger partial charge < -0.3 is 9.64 Å². The number of esters is 1. The van der Waals surface area contributed by atoms with Crippen molar-refractivity contribution < 1.29 is 9.53 Å². The molecule has 1 unspecified atom stereocenters. The summed E-state index contributed by atoms with van der Waals surface area (Å²) >= 11 is 0. The number of rotatable bonds is 14. The number of aromatic nitrogens is 6. The molecule has 292 valence electrons. The van der Waals surface area contributed by atoms with Gasteiger partial charge in [-0.3, -0.25) is 9.36 Å². The van der Waals surface area contributed by atoms with E-state index in [1.807, 2.05) is 111 Å². The minimum atomic E-state index is -0.923. The van der Waals surface area contributed by atoms with Gasteiger partial charge in [0.05, 0.1) is 19.1 Å². The molecule has 0 spiro atoms. The maximum absolute atomic E-state index is 14.3. The van der Waals surface area contributed by atoms with E-state index in [2.05, 4.69) is 64.8 Å². The summed E-state index contributed by atoms with van der Waals surface area (Å²) < 4.78 is 8.29. The molecule has 5 aromatic carbocycles. The Morgan fingerprint density at radius 2 is 1.36 bits per heavy atom. The third-order valence-electron chi connectivity index (χ3n) is 10.3. The second kappa shape index (κ2) is 17.4. The number of tetrazole rings is 1. The highest BCUT2D eigenvalue weighted by Crippen LogP contribution is 2.43. The molecule has 7 rings (SSSR count). The van der Waals surface area contributed by atoms with E-state index < -0.39 is 17.6 Å². The predicted octanol–water partition coefficient (Wildman–Crippen LogP) is 7.90. The summed E-state index contributed by atoms with van der Waals surface area (Å²) in [6.07, 6.45) is 3.25. The Hall–Kier alpha value is -7.01. The van der Waals surface area contributed by atoms with Crippen LogP contribution in [0.4, 0.5) is 5.95 Å². The van der Waals surface area contributed by atoms with Gasteiger partial charge in [0.15, 0.2) is 5.82 Å². The molecule has 0 aliphatic heterocycles. The summed E-state index contributed by atoms with van der Waals surface area (Å²) in [6.45, 7) is 3.67. The van der Waals surface area contributed by atoms with E-state index >= 15 is 0 Å². The molecule has 11 nitrogen and oxygen atoms in total. The molecular weight excluding hydrogens is 725 g/mol. The van der Waals surface area contributed by atoms with Crippen molar-refractivity contribution in [1.29, 1.82) is 0 Å². The van der Waals surface area contributed by atoms with Crippen LogP contribution < -0.4 is 5.56 Å². The zero-order chi connectivity index (χ0) is 40.6. The zero-order valence-corrected chi connectivity index (χ0v) is 33.4. The van der Waals surface area contributed by atoms with E-state index in [1.165, 1.54) is 11.7 Å². The molecule has 0 bridgehead atoms. The first-order valence-electron chi connectivity index (χ1n) is 19.3. The Morgan fingerprint density at radius 1 is 0.810 bits per heavy atom. The molecule has 7 aromatic rings. The van der Waals surface area contributed by atoms with Gasteiger partial charge in [0, 0.05) is 31.6 Å². The van der Waals surface area contributed by atoms with Crippen molar-refractivity contribution in [2.75, 3.05) is 21.2 Å². The highest BCUT2D eigenvalue weighted by molar-refractivity contribution is 5.81. The fourth-order valence-corrected chi connectivity index (χ4v) is 7.53. The molecule has 0 amide bonds. The third-order valence-corrected chi connectivity index (χ3v) is 10.3. The molecule has 0 saturated heterocycles. The molecule has 0 radical (unpaired) electrons. The van der Waals surface area contributed by atoms with Crippen LogP contribution in [0.1, 0.15) is 59.8 Å². The van der Waals surface area contributed by atoms with Crippen molar-refractivity contribution in [2.45, 2.75) is 44.7 Å². The number of hydrogen-bond acceptors (Lipinski definition) is 8. The van der Waals surface area contributed by atoms with Crippen molar-refractivity contribution in [3.63, 3.8) is 0 Å². The zero-order valence-electron chi connectivity index (χ0n) is 33.4. The number of aryl methyl sites for hydroxylation is 1. The van der Waals surface area contributed by atoms with Crippen molar-refractivity contribution in [3.05, 3.63) is 183 Å². The molecule has 2 heterocycles. The summed E-state index contributed by atoms with van der Waals surface area (Å²) in [6, 6.07) is 46.4.